The molecule has 6 nitrogen and oxygen atoms in total. The average Bonchev–Trinajstić information content (AvgIpc) is 1.63. The van der Waals surface area contributed by atoms with E-state index in [-0.39, 0.29) is 0 Å². The summed E-state index contributed by atoms with van der Waals surface area (Å²) in [5.41, 5.74) is 43.3. The van der Waals surface area contributed by atoms with E-state index in [1.54, 1.807) is 0 Å². The Morgan fingerprint density at radius 2 is 0.207 bits per heavy atom. The van der Waals surface area contributed by atoms with Crippen LogP contribution in [0.2, 0.25) is 0 Å². The summed E-state index contributed by atoms with van der Waals surface area (Å²) < 4.78 is 14.4. The zero-order chi connectivity index (χ0) is 99.1. The molecule has 0 unspecified atom stereocenters. The highest BCUT2D eigenvalue weighted by Crippen LogP contribution is 2.47. The van der Waals surface area contributed by atoms with Crippen LogP contribution in [0.1, 0.15) is 0 Å². The highest BCUT2D eigenvalue weighted by Gasteiger charge is 2.25. The zero-order valence-electron chi connectivity index (χ0n) is 82.1. The van der Waals surface area contributed by atoms with Crippen molar-refractivity contribution in [2.75, 3.05) is 0 Å². The Balaban J connectivity index is 0.000000108. The van der Waals surface area contributed by atoms with Crippen molar-refractivity contribution in [1.82, 2.24) is 27.4 Å². The molecule has 0 atom stereocenters. The first kappa shape index (κ1) is 87.8. The monoisotopic (exact) mass is 1910 g/mol. The molecule has 30 rings (SSSR count). The topological polar surface area (TPSA) is 29.6 Å². The summed E-state index contributed by atoms with van der Waals surface area (Å²) in [7, 11) is 0. The summed E-state index contributed by atoms with van der Waals surface area (Å²) in [6.45, 7) is 0. The van der Waals surface area contributed by atoms with Gasteiger partial charge in [0.05, 0.1) is 66.2 Å². The number of nitrogens with zero attached hydrogens (tertiary/aromatic N) is 6. The summed E-state index contributed by atoms with van der Waals surface area (Å²) in [5, 5.41) is 15.0. The molecule has 0 saturated carbocycles. The predicted octanol–water partition coefficient (Wildman–Crippen LogP) is 38.6. The SMILES string of the molecule is c1ccc(-c2ccc(-n3c4ccc(-c5ccccc5)cc4c4cc(-c5ccc6c(c5)c5ccccc5n6-c5ccccc5)ccc43)cc2)cc1.c1ccc(-c2cccc(-n3c4ccc(-c5ccccc5)cc4c4cc(-c5ccc6c(c5)c5ccccc5n6-c5ccccc5)ccc43)c2)cc1.c1ccc(-c2cccc(-n3c4ccccc4c4cc(-c5ccc6c(c5)c5cc(-c7ccccc7)ccc5n6-c5ccccc5)ccc43)c2)cc1. The second-order valence-corrected chi connectivity index (χ2v) is 39.0. The minimum Gasteiger partial charge on any atom is -0.309 e. The molecule has 6 heteroatoms. The van der Waals surface area contributed by atoms with Crippen LogP contribution in [0.5, 0.6) is 0 Å². The largest absolute Gasteiger partial charge is 0.309 e. The Bertz CT molecular complexity index is 10400. The molecule has 0 fully saturated rings. The standard InChI is InChI=1S/3C48H32N2/c1-4-13-33(14-5-1)35-17-12-20-40(29-35)50-45-22-11-10-21-41(45)42-31-37(24-27-46(42)50)38-25-28-48-44(32-38)43-30-36(34-15-6-2-7-16-34)23-26-47(43)49(48)39-18-8-3-9-19-39;1-4-13-33(14-5-1)35-17-12-20-40(29-35)50-47-26-23-36(34-15-6-2-7-16-34)30-43(47)44-32-38(25-28-48(44)50)37-24-27-46-42(31-37)41-21-10-11-22-45(41)49(46)39-18-8-3-9-19-39;1-4-12-33(13-5-1)35-20-25-40(26-21-35)50-47-27-22-36(34-14-6-2-7-15-34)30-43(47)44-32-38(24-29-48(44)50)37-23-28-46-42(31-37)41-18-10-11-19-45(41)49(46)39-16-8-3-9-17-39/h3*1-32H. The maximum absolute atomic E-state index is 2.42. The molecule has 150 heavy (non-hydrogen) atoms. The lowest BCUT2D eigenvalue weighted by Crippen LogP contribution is -1.94. The first-order valence-corrected chi connectivity index (χ1v) is 51.6. The summed E-state index contributed by atoms with van der Waals surface area (Å²) in [6.07, 6.45) is 0. The van der Waals surface area contributed by atoms with E-state index in [4.69, 9.17) is 0 Å². The molecule has 0 aliphatic heterocycles. The molecular weight excluding hydrogens is 1810 g/mol. The number of hydrogen-bond donors (Lipinski definition) is 0. The predicted molar refractivity (Wildman–Crippen MR) is 634 cm³/mol. The van der Waals surface area contributed by atoms with Gasteiger partial charge in [-0.3, -0.25) is 0 Å². The highest BCUT2D eigenvalue weighted by molar-refractivity contribution is 6.18. The number of rotatable bonds is 15. The second-order valence-electron chi connectivity index (χ2n) is 39.0. The van der Waals surface area contributed by atoms with E-state index >= 15 is 0 Å². The summed E-state index contributed by atoms with van der Waals surface area (Å²) >= 11 is 0. The molecule has 0 radical (unpaired) electrons. The van der Waals surface area contributed by atoms with Gasteiger partial charge in [0.15, 0.2) is 0 Å². The van der Waals surface area contributed by atoms with Crippen LogP contribution in [0.25, 0.3) is 265 Å². The highest BCUT2D eigenvalue weighted by atomic mass is 15.0. The molecule has 0 aliphatic carbocycles. The molecule has 30 aromatic rings. The first-order valence-electron chi connectivity index (χ1n) is 51.6. The van der Waals surface area contributed by atoms with Crippen LogP contribution in [0.15, 0.2) is 582 Å². The van der Waals surface area contributed by atoms with Gasteiger partial charge in [-0.15, -0.1) is 0 Å². The summed E-state index contributed by atoms with van der Waals surface area (Å²) in [4.78, 5) is 0. The van der Waals surface area contributed by atoms with Crippen molar-refractivity contribution in [2.24, 2.45) is 0 Å². The third-order valence-corrected chi connectivity index (χ3v) is 30.3. The second kappa shape index (κ2) is 37.4. The Kier molecular flexibility index (Phi) is 21.9. The van der Waals surface area contributed by atoms with Crippen molar-refractivity contribution in [3.63, 3.8) is 0 Å². The van der Waals surface area contributed by atoms with Gasteiger partial charge in [0, 0.05) is 98.8 Å². The van der Waals surface area contributed by atoms with Gasteiger partial charge in [-0.25, -0.2) is 0 Å². The maximum atomic E-state index is 2.42. The molecule has 0 saturated heterocycles. The van der Waals surface area contributed by atoms with Crippen molar-refractivity contribution in [3.8, 4) is 134 Å². The zero-order valence-corrected chi connectivity index (χ0v) is 82.1. The van der Waals surface area contributed by atoms with Gasteiger partial charge in [-0.1, -0.05) is 382 Å². The van der Waals surface area contributed by atoms with Crippen LogP contribution < -0.4 is 0 Å². The fourth-order valence-corrected chi connectivity index (χ4v) is 23.2. The first-order chi connectivity index (χ1) is 74.4. The van der Waals surface area contributed by atoms with Crippen molar-refractivity contribution >= 4 is 131 Å². The van der Waals surface area contributed by atoms with Crippen molar-refractivity contribution in [2.45, 2.75) is 0 Å². The molecule has 0 N–H and O–H groups in total. The van der Waals surface area contributed by atoms with Gasteiger partial charge in [0.2, 0.25) is 0 Å². The Labute approximate surface area is 868 Å². The van der Waals surface area contributed by atoms with Gasteiger partial charge in [0.25, 0.3) is 0 Å². The van der Waals surface area contributed by atoms with E-state index in [2.05, 4.69) is 610 Å². The van der Waals surface area contributed by atoms with Gasteiger partial charge in [-0.2, -0.15) is 0 Å². The van der Waals surface area contributed by atoms with E-state index in [9.17, 15) is 0 Å². The third kappa shape index (κ3) is 15.6. The van der Waals surface area contributed by atoms with Gasteiger partial charge in [0.1, 0.15) is 0 Å². The van der Waals surface area contributed by atoms with Crippen LogP contribution in [-0.2, 0) is 0 Å². The molecule has 6 aromatic heterocycles. The molecule has 0 aliphatic rings. The number of fused-ring (bicyclic) bond motifs is 18. The smallest absolute Gasteiger partial charge is 0.0541 e. The van der Waals surface area contributed by atoms with Crippen molar-refractivity contribution in [1.29, 1.82) is 0 Å². The number of aromatic nitrogens is 6. The minimum atomic E-state index is 1.15. The van der Waals surface area contributed by atoms with E-state index in [0.717, 1.165) is 17.1 Å². The molecule has 6 heterocycles. The van der Waals surface area contributed by atoms with Crippen LogP contribution >= 0.6 is 0 Å². The van der Waals surface area contributed by atoms with E-state index in [0.29, 0.717) is 0 Å². The van der Waals surface area contributed by atoms with Crippen LogP contribution in [0, 0.1) is 0 Å². The van der Waals surface area contributed by atoms with Gasteiger partial charge >= 0.3 is 0 Å². The molecule has 0 spiro atoms. The number of hydrogen-bond acceptors (Lipinski definition) is 0. The van der Waals surface area contributed by atoms with Crippen LogP contribution in [0.4, 0.5) is 0 Å². The van der Waals surface area contributed by atoms with E-state index in [1.807, 2.05) is 0 Å². The van der Waals surface area contributed by atoms with Crippen LogP contribution in [-0.4, -0.2) is 27.4 Å². The quantitative estimate of drug-likeness (QED) is 0.0979. The third-order valence-electron chi connectivity index (χ3n) is 30.3. The fourth-order valence-electron chi connectivity index (χ4n) is 23.2. The average molecular weight is 1910 g/mol. The molecule has 702 valence electrons. The normalized spacial score (nSPS) is 11.6. The lowest BCUT2D eigenvalue weighted by atomic mass is 9.99. The molecule has 0 bridgehead atoms. The minimum absolute atomic E-state index is 1.15. The lowest BCUT2D eigenvalue weighted by Gasteiger charge is -2.11. The molecular formula is C144H96N6. The van der Waals surface area contributed by atoms with Crippen LogP contribution in [0.3, 0.4) is 0 Å². The Morgan fingerprint density at radius 3 is 0.433 bits per heavy atom. The molecule has 0 amide bonds. The van der Waals surface area contributed by atoms with E-state index < -0.39 is 0 Å². The van der Waals surface area contributed by atoms with Crippen molar-refractivity contribution < 1.29 is 0 Å². The molecule has 24 aromatic carbocycles. The Morgan fingerprint density at radius 1 is 0.0733 bits per heavy atom. The lowest BCUT2D eigenvalue weighted by molar-refractivity contribution is 1.18. The summed E-state index contributed by atoms with van der Waals surface area (Å²) in [5.74, 6) is 0. The fraction of sp³-hybridized carbons (Fsp3) is 0. The summed E-state index contributed by atoms with van der Waals surface area (Å²) in [6, 6.07) is 211. The van der Waals surface area contributed by atoms with Gasteiger partial charge < -0.3 is 27.4 Å². The maximum Gasteiger partial charge on any atom is 0.0541 e. The van der Waals surface area contributed by atoms with Gasteiger partial charge in [-0.05, 0) is 300 Å². The number of para-hydroxylation sites is 6. The number of benzene rings is 24. The van der Waals surface area contributed by atoms with Crippen molar-refractivity contribution in [3.05, 3.63) is 582 Å². The van der Waals surface area contributed by atoms with E-state index in [1.165, 1.54) is 248 Å². The Hall–Kier alpha value is -19.9.